The Hall–Kier alpha value is -3.00. The second-order valence-electron chi connectivity index (χ2n) is 6.42. The van der Waals surface area contributed by atoms with Crippen molar-refractivity contribution < 1.29 is 14.3 Å². The monoisotopic (exact) mass is 426 g/mol. The van der Waals surface area contributed by atoms with E-state index < -0.39 is 0 Å². The molecule has 0 aliphatic rings. The molecule has 0 radical (unpaired) electrons. The number of nitrogens with zero attached hydrogens (tertiary/aromatic N) is 3. The molecule has 2 aromatic carbocycles. The lowest BCUT2D eigenvalue weighted by Crippen LogP contribution is -2.16. The Morgan fingerprint density at radius 3 is 2.57 bits per heavy atom. The lowest BCUT2D eigenvalue weighted by molar-refractivity contribution is -0.113. The number of para-hydroxylation sites is 3. The van der Waals surface area contributed by atoms with E-state index in [9.17, 15) is 4.79 Å². The Bertz CT molecular complexity index is 962. The van der Waals surface area contributed by atoms with E-state index in [2.05, 4.69) is 15.5 Å². The maximum atomic E-state index is 12.5. The highest BCUT2D eigenvalue weighted by molar-refractivity contribution is 7.99. The molecule has 0 aliphatic heterocycles. The average molecular weight is 427 g/mol. The smallest absolute Gasteiger partial charge is 0.234 e. The molecule has 158 valence electrons. The standard InChI is InChI=1S/C22H26N4O3S/c1-4-26-21(16(3)29-17-11-7-6-8-12-17)24-25-22(26)30-15-20(27)23-18-13-9-10-14-19(18)28-5-2/h6-14,16H,4-5,15H2,1-3H3,(H,23,27). The summed E-state index contributed by atoms with van der Waals surface area (Å²) in [5.74, 6) is 2.24. The minimum absolute atomic E-state index is 0.132. The van der Waals surface area contributed by atoms with Crippen LogP contribution in [0.1, 0.15) is 32.7 Å². The molecule has 7 nitrogen and oxygen atoms in total. The van der Waals surface area contributed by atoms with Gasteiger partial charge in [0.1, 0.15) is 11.5 Å². The maximum Gasteiger partial charge on any atom is 0.234 e. The van der Waals surface area contributed by atoms with Gasteiger partial charge in [-0.25, -0.2) is 0 Å². The van der Waals surface area contributed by atoms with Crippen molar-refractivity contribution in [3.63, 3.8) is 0 Å². The third kappa shape index (κ3) is 5.54. The fourth-order valence-electron chi connectivity index (χ4n) is 2.93. The molecule has 1 unspecified atom stereocenters. The second-order valence-corrected chi connectivity index (χ2v) is 7.37. The van der Waals surface area contributed by atoms with E-state index in [4.69, 9.17) is 9.47 Å². The van der Waals surface area contributed by atoms with Gasteiger partial charge in [-0.2, -0.15) is 0 Å². The molecule has 0 saturated carbocycles. The summed E-state index contributed by atoms with van der Waals surface area (Å²) in [5.41, 5.74) is 0.660. The van der Waals surface area contributed by atoms with Gasteiger partial charge in [-0.15, -0.1) is 10.2 Å². The van der Waals surface area contributed by atoms with E-state index in [0.717, 1.165) is 11.6 Å². The number of anilines is 1. The predicted octanol–water partition coefficient (Wildman–Crippen LogP) is 4.57. The number of rotatable bonds is 10. The largest absolute Gasteiger partial charge is 0.492 e. The van der Waals surface area contributed by atoms with E-state index in [1.54, 1.807) is 0 Å². The maximum absolute atomic E-state index is 12.5. The first-order valence-electron chi connectivity index (χ1n) is 9.91. The third-order valence-electron chi connectivity index (χ3n) is 4.27. The van der Waals surface area contributed by atoms with Crippen molar-refractivity contribution in [1.29, 1.82) is 0 Å². The van der Waals surface area contributed by atoms with Crippen LogP contribution in [-0.2, 0) is 11.3 Å². The van der Waals surface area contributed by atoms with Crippen LogP contribution in [-0.4, -0.2) is 33.0 Å². The molecule has 0 spiro atoms. The number of amides is 1. The van der Waals surface area contributed by atoms with Crippen LogP contribution in [0.15, 0.2) is 59.8 Å². The molecule has 0 aliphatic carbocycles. The van der Waals surface area contributed by atoms with Gasteiger partial charge in [0, 0.05) is 6.54 Å². The molecule has 3 rings (SSSR count). The number of thioether (sulfide) groups is 1. The molecule has 1 atom stereocenters. The van der Waals surface area contributed by atoms with Crippen molar-refractivity contribution in [2.24, 2.45) is 0 Å². The highest BCUT2D eigenvalue weighted by Crippen LogP contribution is 2.26. The summed E-state index contributed by atoms with van der Waals surface area (Å²) in [4.78, 5) is 12.5. The fraction of sp³-hybridized carbons (Fsp3) is 0.318. The van der Waals surface area contributed by atoms with Crippen LogP contribution in [0.3, 0.4) is 0 Å². The molecule has 3 aromatic rings. The van der Waals surface area contributed by atoms with Gasteiger partial charge < -0.3 is 19.4 Å². The third-order valence-corrected chi connectivity index (χ3v) is 5.24. The molecular formula is C22H26N4O3S. The lowest BCUT2D eigenvalue weighted by atomic mass is 10.3. The summed E-state index contributed by atoms with van der Waals surface area (Å²) in [5, 5.41) is 12.1. The summed E-state index contributed by atoms with van der Waals surface area (Å²) < 4.78 is 13.5. The van der Waals surface area contributed by atoms with Crippen molar-refractivity contribution in [3.05, 3.63) is 60.4 Å². The average Bonchev–Trinajstić information content (AvgIpc) is 3.18. The van der Waals surface area contributed by atoms with E-state index in [0.29, 0.717) is 29.7 Å². The van der Waals surface area contributed by atoms with Crippen molar-refractivity contribution >= 4 is 23.4 Å². The van der Waals surface area contributed by atoms with Crippen LogP contribution >= 0.6 is 11.8 Å². The van der Waals surface area contributed by atoms with Crippen molar-refractivity contribution in [2.45, 2.75) is 38.6 Å². The number of nitrogens with one attached hydrogen (secondary N) is 1. The predicted molar refractivity (Wildman–Crippen MR) is 118 cm³/mol. The first kappa shape index (κ1) is 21.7. The SMILES string of the molecule is CCOc1ccccc1NC(=O)CSc1nnc(C(C)Oc2ccccc2)n1CC. The molecule has 0 bridgehead atoms. The topological polar surface area (TPSA) is 78.3 Å². The molecule has 8 heteroatoms. The Morgan fingerprint density at radius 1 is 1.10 bits per heavy atom. The van der Waals surface area contributed by atoms with Crippen LogP contribution in [0.2, 0.25) is 0 Å². The van der Waals surface area contributed by atoms with Gasteiger partial charge in [-0.05, 0) is 45.0 Å². The summed E-state index contributed by atoms with van der Waals surface area (Å²) in [6.45, 7) is 7.08. The molecule has 0 saturated heterocycles. The first-order chi connectivity index (χ1) is 14.6. The van der Waals surface area contributed by atoms with Gasteiger partial charge in [-0.3, -0.25) is 4.79 Å². The van der Waals surface area contributed by atoms with Crippen LogP contribution < -0.4 is 14.8 Å². The number of ether oxygens (including phenoxy) is 2. The molecular weight excluding hydrogens is 400 g/mol. The first-order valence-corrected chi connectivity index (χ1v) is 10.9. The van der Waals surface area contributed by atoms with Crippen molar-refractivity contribution in [2.75, 3.05) is 17.7 Å². The van der Waals surface area contributed by atoms with E-state index in [1.165, 1.54) is 11.8 Å². The number of carbonyl (C=O) groups excluding carboxylic acids is 1. The lowest BCUT2D eigenvalue weighted by Gasteiger charge is -2.15. The van der Waals surface area contributed by atoms with Crippen LogP contribution in [0.5, 0.6) is 11.5 Å². The summed E-state index contributed by atoms with van der Waals surface area (Å²) >= 11 is 1.34. The quantitative estimate of drug-likeness (QED) is 0.479. The minimum Gasteiger partial charge on any atom is -0.492 e. The zero-order valence-corrected chi connectivity index (χ0v) is 18.2. The Kier molecular flexibility index (Phi) is 7.73. The Labute approximate surface area is 180 Å². The van der Waals surface area contributed by atoms with E-state index >= 15 is 0 Å². The van der Waals surface area contributed by atoms with Crippen LogP contribution in [0.4, 0.5) is 5.69 Å². The van der Waals surface area contributed by atoms with E-state index in [-0.39, 0.29) is 17.8 Å². The Morgan fingerprint density at radius 2 is 1.83 bits per heavy atom. The van der Waals surface area contributed by atoms with Gasteiger partial charge in [0.15, 0.2) is 17.1 Å². The molecule has 1 amide bonds. The number of benzene rings is 2. The molecule has 1 aromatic heterocycles. The van der Waals surface area contributed by atoms with Crippen molar-refractivity contribution in [3.8, 4) is 11.5 Å². The molecule has 1 N–H and O–H groups in total. The molecule has 0 fully saturated rings. The van der Waals surface area contributed by atoms with Gasteiger partial charge >= 0.3 is 0 Å². The highest BCUT2D eigenvalue weighted by Gasteiger charge is 2.19. The molecule has 1 heterocycles. The minimum atomic E-state index is -0.263. The normalized spacial score (nSPS) is 11.7. The van der Waals surface area contributed by atoms with Crippen LogP contribution in [0, 0.1) is 0 Å². The Balaban J connectivity index is 1.62. The fourth-order valence-corrected chi connectivity index (χ4v) is 3.74. The van der Waals surface area contributed by atoms with Gasteiger partial charge in [0.05, 0.1) is 18.0 Å². The van der Waals surface area contributed by atoms with Gasteiger partial charge in [0.25, 0.3) is 0 Å². The number of hydrogen-bond acceptors (Lipinski definition) is 6. The zero-order chi connectivity index (χ0) is 21.3. The number of carbonyl (C=O) groups is 1. The van der Waals surface area contributed by atoms with Gasteiger partial charge in [0.2, 0.25) is 5.91 Å². The van der Waals surface area contributed by atoms with E-state index in [1.807, 2.05) is 79.9 Å². The summed E-state index contributed by atoms with van der Waals surface area (Å²) in [7, 11) is 0. The van der Waals surface area contributed by atoms with Crippen LogP contribution in [0.25, 0.3) is 0 Å². The summed E-state index contributed by atoms with van der Waals surface area (Å²) in [6, 6.07) is 17.0. The highest BCUT2D eigenvalue weighted by atomic mass is 32.2. The van der Waals surface area contributed by atoms with Crippen molar-refractivity contribution in [1.82, 2.24) is 14.8 Å². The van der Waals surface area contributed by atoms with Gasteiger partial charge in [-0.1, -0.05) is 42.1 Å². The zero-order valence-electron chi connectivity index (χ0n) is 17.4. The second kappa shape index (κ2) is 10.7. The summed E-state index contributed by atoms with van der Waals surface area (Å²) in [6.07, 6.45) is -0.263. The molecule has 30 heavy (non-hydrogen) atoms. The number of aromatic nitrogens is 3. The number of hydrogen-bond donors (Lipinski definition) is 1.